The number of ether oxygens (including phenoxy) is 3. The van der Waals surface area contributed by atoms with Crippen molar-refractivity contribution in [2.75, 3.05) is 14.2 Å². The van der Waals surface area contributed by atoms with Crippen LogP contribution in [0.2, 0.25) is 0 Å². The summed E-state index contributed by atoms with van der Waals surface area (Å²) >= 11 is 0. The number of aryl methyl sites for hydroxylation is 1. The zero-order valence-corrected chi connectivity index (χ0v) is 14.6. The van der Waals surface area contributed by atoms with Gasteiger partial charge >= 0.3 is 5.97 Å². The molecule has 0 aliphatic carbocycles. The first-order valence-electron chi connectivity index (χ1n) is 7.75. The van der Waals surface area contributed by atoms with Gasteiger partial charge in [-0.15, -0.1) is 0 Å². The summed E-state index contributed by atoms with van der Waals surface area (Å²) in [7, 11) is 3.10. The minimum Gasteiger partial charge on any atom is -0.493 e. The predicted octanol–water partition coefficient (Wildman–Crippen LogP) is 2.81. The molecular formula is C18H17N3O5. The number of pyridine rings is 1. The predicted molar refractivity (Wildman–Crippen MR) is 90.9 cm³/mol. The molecule has 0 aliphatic heterocycles. The highest BCUT2D eigenvalue weighted by atomic mass is 16.6. The Hall–Kier alpha value is -3.42. The van der Waals surface area contributed by atoms with Crippen molar-refractivity contribution in [2.24, 2.45) is 0 Å². The Balaban J connectivity index is 1.68. The van der Waals surface area contributed by atoms with Crippen LogP contribution in [0.4, 0.5) is 0 Å². The van der Waals surface area contributed by atoms with Crippen LogP contribution < -0.4 is 9.47 Å². The van der Waals surface area contributed by atoms with Crippen LogP contribution in [0.15, 0.2) is 41.1 Å². The summed E-state index contributed by atoms with van der Waals surface area (Å²) in [6.45, 7) is 1.70. The quantitative estimate of drug-likeness (QED) is 0.623. The third-order valence-electron chi connectivity index (χ3n) is 3.58. The number of carbonyl (C=O) groups is 1. The number of esters is 1. The van der Waals surface area contributed by atoms with E-state index in [9.17, 15) is 4.79 Å². The van der Waals surface area contributed by atoms with Crippen molar-refractivity contribution >= 4 is 5.97 Å². The normalized spacial score (nSPS) is 10.4. The van der Waals surface area contributed by atoms with Crippen LogP contribution in [0.25, 0.3) is 11.4 Å². The number of hydrogen-bond donors (Lipinski definition) is 0. The van der Waals surface area contributed by atoms with Gasteiger partial charge in [-0.1, -0.05) is 5.16 Å². The second-order valence-electron chi connectivity index (χ2n) is 5.35. The Morgan fingerprint density at radius 3 is 2.62 bits per heavy atom. The average Bonchev–Trinajstić information content (AvgIpc) is 3.15. The van der Waals surface area contributed by atoms with Gasteiger partial charge in [-0.2, -0.15) is 4.98 Å². The lowest BCUT2D eigenvalue weighted by Crippen LogP contribution is -2.06. The van der Waals surface area contributed by atoms with Crippen molar-refractivity contribution in [1.82, 2.24) is 15.1 Å². The second-order valence-corrected chi connectivity index (χ2v) is 5.35. The molecule has 8 heteroatoms. The Kier molecular flexibility index (Phi) is 5.12. The lowest BCUT2D eigenvalue weighted by atomic mass is 10.2. The van der Waals surface area contributed by atoms with E-state index in [4.69, 9.17) is 18.7 Å². The van der Waals surface area contributed by atoms with Gasteiger partial charge in [0.25, 0.3) is 5.89 Å². The first kappa shape index (κ1) is 17.4. The van der Waals surface area contributed by atoms with Gasteiger partial charge in [0, 0.05) is 17.5 Å². The Morgan fingerprint density at radius 2 is 1.92 bits per heavy atom. The smallest absolute Gasteiger partial charge is 0.340 e. The summed E-state index contributed by atoms with van der Waals surface area (Å²) in [4.78, 5) is 20.3. The molecule has 0 atom stereocenters. The molecule has 0 fully saturated rings. The standard InChI is InChI=1S/C18H17N3O5/c1-11-4-5-13(9-19-11)18(22)25-10-16-20-17(21-26-16)12-6-7-14(23-2)15(8-12)24-3/h4-9H,10H2,1-3H3. The van der Waals surface area contributed by atoms with Crippen molar-refractivity contribution < 1.29 is 23.5 Å². The summed E-state index contributed by atoms with van der Waals surface area (Å²) in [5, 5.41) is 3.89. The third-order valence-corrected chi connectivity index (χ3v) is 3.58. The van der Waals surface area contributed by atoms with E-state index < -0.39 is 5.97 Å². The maximum atomic E-state index is 12.0. The first-order chi connectivity index (χ1) is 12.6. The van der Waals surface area contributed by atoms with E-state index in [0.717, 1.165) is 5.69 Å². The number of rotatable bonds is 6. The lowest BCUT2D eigenvalue weighted by molar-refractivity contribution is 0.0429. The van der Waals surface area contributed by atoms with Crippen LogP contribution >= 0.6 is 0 Å². The minimum absolute atomic E-state index is 0.132. The minimum atomic E-state index is -0.511. The Bertz CT molecular complexity index is 905. The molecule has 8 nitrogen and oxygen atoms in total. The van der Waals surface area contributed by atoms with Gasteiger partial charge in [0.2, 0.25) is 5.82 Å². The molecule has 0 amide bonds. The molecule has 0 saturated heterocycles. The van der Waals surface area contributed by atoms with Crippen LogP contribution in [-0.2, 0) is 11.3 Å². The second kappa shape index (κ2) is 7.64. The van der Waals surface area contributed by atoms with Crippen molar-refractivity contribution in [2.45, 2.75) is 13.5 Å². The molecule has 1 aromatic carbocycles. The number of benzene rings is 1. The number of hydrogen-bond acceptors (Lipinski definition) is 8. The number of methoxy groups -OCH3 is 2. The number of aromatic nitrogens is 3. The van der Waals surface area contributed by atoms with Gasteiger partial charge in [-0.25, -0.2) is 4.79 Å². The molecular weight excluding hydrogens is 338 g/mol. The van der Waals surface area contributed by atoms with E-state index in [1.807, 2.05) is 6.92 Å². The summed E-state index contributed by atoms with van der Waals surface area (Å²) in [5.74, 6) is 1.18. The van der Waals surface area contributed by atoms with Crippen molar-refractivity contribution in [1.29, 1.82) is 0 Å². The third kappa shape index (κ3) is 3.80. The molecule has 3 rings (SSSR count). The van der Waals surface area contributed by atoms with Crippen LogP contribution in [-0.4, -0.2) is 35.3 Å². The molecule has 2 heterocycles. The number of nitrogens with zero attached hydrogens (tertiary/aromatic N) is 3. The zero-order valence-electron chi connectivity index (χ0n) is 14.6. The lowest BCUT2D eigenvalue weighted by Gasteiger charge is -2.07. The number of carbonyl (C=O) groups excluding carboxylic acids is 1. The molecule has 0 aliphatic rings. The van der Waals surface area contributed by atoms with Gasteiger partial charge in [-0.3, -0.25) is 4.98 Å². The molecule has 3 aromatic rings. The maximum absolute atomic E-state index is 12.0. The Morgan fingerprint density at radius 1 is 1.12 bits per heavy atom. The highest BCUT2D eigenvalue weighted by Gasteiger charge is 2.14. The molecule has 0 spiro atoms. The topological polar surface area (TPSA) is 96.6 Å². The van der Waals surface area contributed by atoms with Crippen molar-refractivity contribution in [3.05, 3.63) is 53.7 Å². The fraction of sp³-hybridized carbons (Fsp3) is 0.222. The molecule has 26 heavy (non-hydrogen) atoms. The monoisotopic (exact) mass is 355 g/mol. The largest absolute Gasteiger partial charge is 0.493 e. The average molecular weight is 355 g/mol. The highest BCUT2D eigenvalue weighted by Crippen LogP contribution is 2.31. The fourth-order valence-corrected chi connectivity index (χ4v) is 2.21. The van der Waals surface area contributed by atoms with Crippen molar-refractivity contribution in [3.63, 3.8) is 0 Å². The first-order valence-corrected chi connectivity index (χ1v) is 7.75. The van der Waals surface area contributed by atoms with Crippen LogP contribution in [0, 0.1) is 6.92 Å². The SMILES string of the molecule is COc1ccc(-c2noc(COC(=O)c3ccc(C)nc3)n2)cc1OC. The summed E-state index contributed by atoms with van der Waals surface area (Å²) in [6, 6.07) is 8.64. The molecule has 0 saturated carbocycles. The molecule has 0 N–H and O–H groups in total. The summed E-state index contributed by atoms with van der Waals surface area (Å²) < 4.78 is 20.7. The van der Waals surface area contributed by atoms with E-state index in [1.165, 1.54) is 6.20 Å². The van der Waals surface area contributed by atoms with Gasteiger partial charge in [0.15, 0.2) is 18.1 Å². The summed E-state index contributed by atoms with van der Waals surface area (Å²) in [6.07, 6.45) is 1.46. The van der Waals surface area contributed by atoms with E-state index >= 15 is 0 Å². The van der Waals surface area contributed by atoms with E-state index in [1.54, 1.807) is 44.6 Å². The van der Waals surface area contributed by atoms with Gasteiger partial charge in [0.05, 0.1) is 19.8 Å². The molecule has 0 bridgehead atoms. The van der Waals surface area contributed by atoms with Crippen LogP contribution in [0.3, 0.4) is 0 Å². The van der Waals surface area contributed by atoms with Gasteiger partial charge < -0.3 is 18.7 Å². The van der Waals surface area contributed by atoms with Gasteiger partial charge in [-0.05, 0) is 37.3 Å². The highest BCUT2D eigenvalue weighted by molar-refractivity contribution is 5.88. The molecule has 0 unspecified atom stereocenters. The Labute approximate surface area is 149 Å². The zero-order chi connectivity index (χ0) is 18.5. The van der Waals surface area contributed by atoms with Gasteiger partial charge in [0.1, 0.15) is 0 Å². The van der Waals surface area contributed by atoms with E-state index in [-0.39, 0.29) is 12.5 Å². The molecule has 0 radical (unpaired) electrons. The van der Waals surface area contributed by atoms with Crippen molar-refractivity contribution in [3.8, 4) is 22.9 Å². The van der Waals surface area contributed by atoms with Crippen LogP contribution in [0.5, 0.6) is 11.5 Å². The molecule has 2 aromatic heterocycles. The van der Waals surface area contributed by atoms with E-state index in [2.05, 4.69) is 15.1 Å². The fourth-order valence-electron chi connectivity index (χ4n) is 2.21. The molecule has 134 valence electrons. The van der Waals surface area contributed by atoms with E-state index in [0.29, 0.717) is 28.5 Å². The van der Waals surface area contributed by atoms with Crippen LogP contribution in [0.1, 0.15) is 21.9 Å². The summed E-state index contributed by atoms with van der Waals surface area (Å²) in [5.41, 5.74) is 1.86. The maximum Gasteiger partial charge on any atom is 0.340 e.